The molecular formula is C25H30N2O7. The van der Waals surface area contributed by atoms with Crippen LogP contribution in [0, 0.1) is 5.92 Å². The van der Waals surface area contributed by atoms with Crippen LogP contribution in [0.5, 0.6) is 28.7 Å². The standard InChI is InChI=1S/C25H30N2O7/c1-5-18(15-6-7-19-20(10-15)34-9-8-33-19)26-25(29)16-11-23(28)27(14-16)17-12-21(30-2)24(32-4)22(13-17)31-3/h6-7,10,12-13,16,18H,5,8-9,11,14H2,1-4H3,(H,26,29). The number of methoxy groups -OCH3 is 3. The molecule has 0 radical (unpaired) electrons. The van der Waals surface area contributed by atoms with Gasteiger partial charge >= 0.3 is 0 Å². The Morgan fingerprint density at radius 1 is 1.06 bits per heavy atom. The highest BCUT2D eigenvalue weighted by atomic mass is 16.6. The lowest BCUT2D eigenvalue weighted by Gasteiger charge is -2.23. The van der Waals surface area contributed by atoms with Gasteiger partial charge in [-0.2, -0.15) is 0 Å². The van der Waals surface area contributed by atoms with Crippen LogP contribution in [0.3, 0.4) is 0 Å². The average molecular weight is 471 g/mol. The second-order valence-corrected chi connectivity index (χ2v) is 8.16. The van der Waals surface area contributed by atoms with Gasteiger partial charge in [-0.15, -0.1) is 0 Å². The monoisotopic (exact) mass is 470 g/mol. The first-order valence-corrected chi connectivity index (χ1v) is 11.3. The molecule has 9 nitrogen and oxygen atoms in total. The van der Waals surface area contributed by atoms with Crippen molar-refractivity contribution in [3.63, 3.8) is 0 Å². The van der Waals surface area contributed by atoms with Crippen LogP contribution >= 0.6 is 0 Å². The minimum Gasteiger partial charge on any atom is -0.493 e. The van der Waals surface area contributed by atoms with Gasteiger partial charge in [0.15, 0.2) is 23.0 Å². The highest BCUT2D eigenvalue weighted by Gasteiger charge is 2.36. The van der Waals surface area contributed by atoms with E-state index in [1.165, 1.54) is 21.3 Å². The van der Waals surface area contributed by atoms with E-state index in [1.807, 2.05) is 25.1 Å². The van der Waals surface area contributed by atoms with Gasteiger partial charge < -0.3 is 33.9 Å². The molecule has 0 saturated carbocycles. The smallest absolute Gasteiger partial charge is 0.227 e. The molecule has 0 spiro atoms. The third kappa shape index (κ3) is 4.55. The molecule has 4 rings (SSSR count). The summed E-state index contributed by atoms with van der Waals surface area (Å²) in [5, 5.41) is 3.10. The number of ether oxygens (including phenoxy) is 5. The number of fused-ring (bicyclic) bond motifs is 1. The van der Waals surface area contributed by atoms with Gasteiger partial charge in [-0.3, -0.25) is 9.59 Å². The number of hydrogen-bond acceptors (Lipinski definition) is 7. The lowest BCUT2D eigenvalue weighted by Crippen LogP contribution is -2.35. The molecule has 9 heteroatoms. The number of anilines is 1. The summed E-state index contributed by atoms with van der Waals surface area (Å²) in [6.07, 6.45) is 0.822. The van der Waals surface area contributed by atoms with Crippen LogP contribution in [0.25, 0.3) is 0 Å². The van der Waals surface area contributed by atoms with E-state index in [1.54, 1.807) is 17.0 Å². The van der Waals surface area contributed by atoms with Crippen LogP contribution in [0.1, 0.15) is 31.4 Å². The molecule has 2 aliphatic heterocycles. The van der Waals surface area contributed by atoms with Crippen LogP contribution < -0.4 is 33.9 Å². The van der Waals surface area contributed by atoms with Crippen molar-refractivity contribution in [1.82, 2.24) is 5.32 Å². The van der Waals surface area contributed by atoms with E-state index in [4.69, 9.17) is 23.7 Å². The van der Waals surface area contributed by atoms with E-state index in [2.05, 4.69) is 5.32 Å². The summed E-state index contributed by atoms with van der Waals surface area (Å²) >= 11 is 0. The third-order valence-electron chi connectivity index (χ3n) is 6.15. The zero-order valence-corrected chi connectivity index (χ0v) is 19.9. The minimum absolute atomic E-state index is 0.125. The molecule has 2 aromatic carbocycles. The fourth-order valence-electron chi connectivity index (χ4n) is 4.34. The van der Waals surface area contributed by atoms with Crippen LogP contribution in [0.2, 0.25) is 0 Å². The SMILES string of the molecule is CCC(NC(=O)C1CC(=O)N(c2cc(OC)c(OC)c(OC)c2)C1)c1ccc2c(c1)OCCO2. The van der Waals surface area contributed by atoms with Crippen molar-refractivity contribution in [2.75, 3.05) is 46.0 Å². The van der Waals surface area contributed by atoms with Gasteiger partial charge in [0, 0.05) is 25.1 Å². The van der Waals surface area contributed by atoms with Crippen LogP contribution in [-0.2, 0) is 9.59 Å². The Kier molecular flexibility index (Phi) is 7.00. The Labute approximate surface area is 198 Å². The number of nitrogens with one attached hydrogen (secondary N) is 1. The molecule has 1 N–H and O–H groups in total. The lowest BCUT2D eigenvalue weighted by atomic mass is 10.0. The summed E-state index contributed by atoms with van der Waals surface area (Å²) < 4.78 is 27.4. The van der Waals surface area contributed by atoms with Crippen molar-refractivity contribution in [2.45, 2.75) is 25.8 Å². The maximum atomic E-state index is 13.1. The molecule has 0 aromatic heterocycles. The van der Waals surface area contributed by atoms with Crippen LogP contribution in [-0.4, -0.2) is 52.9 Å². The highest BCUT2D eigenvalue weighted by molar-refractivity contribution is 6.00. The normalized spacial score (nSPS) is 17.8. The van der Waals surface area contributed by atoms with Crippen LogP contribution in [0.15, 0.2) is 30.3 Å². The first kappa shape index (κ1) is 23.5. The Morgan fingerprint density at radius 2 is 1.74 bits per heavy atom. The lowest BCUT2D eigenvalue weighted by molar-refractivity contribution is -0.127. The molecule has 0 aliphatic carbocycles. The Hall–Kier alpha value is -3.62. The number of amides is 2. The maximum Gasteiger partial charge on any atom is 0.227 e. The topological polar surface area (TPSA) is 95.6 Å². The number of hydrogen-bond donors (Lipinski definition) is 1. The van der Waals surface area contributed by atoms with Crippen molar-refractivity contribution in [2.24, 2.45) is 5.92 Å². The zero-order chi connectivity index (χ0) is 24.2. The molecule has 2 atom stereocenters. The fourth-order valence-corrected chi connectivity index (χ4v) is 4.34. The van der Waals surface area contributed by atoms with Crippen molar-refractivity contribution in [3.8, 4) is 28.7 Å². The van der Waals surface area contributed by atoms with E-state index < -0.39 is 5.92 Å². The van der Waals surface area contributed by atoms with Crippen molar-refractivity contribution in [3.05, 3.63) is 35.9 Å². The fraction of sp³-hybridized carbons (Fsp3) is 0.440. The summed E-state index contributed by atoms with van der Waals surface area (Å²) in [5.74, 6) is 1.95. The molecule has 2 heterocycles. The Bertz CT molecular complexity index is 1050. The van der Waals surface area contributed by atoms with Gasteiger partial charge in [0.25, 0.3) is 0 Å². The number of carbonyl (C=O) groups excluding carboxylic acids is 2. The average Bonchev–Trinajstić information content (AvgIpc) is 3.27. The summed E-state index contributed by atoms with van der Waals surface area (Å²) in [4.78, 5) is 27.5. The van der Waals surface area contributed by atoms with Crippen molar-refractivity contribution < 1.29 is 33.3 Å². The summed E-state index contributed by atoms with van der Waals surface area (Å²) in [6, 6.07) is 8.93. The first-order valence-electron chi connectivity index (χ1n) is 11.3. The number of nitrogens with zero attached hydrogens (tertiary/aromatic N) is 1. The molecule has 2 unspecified atom stereocenters. The van der Waals surface area contributed by atoms with E-state index in [-0.39, 0.29) is 30.8 Å². The molecule has 2 amide bonds. The number of benzene rings is 2. The van der Waals surface area contributed by atoms with Gasteiger partial charge in [0.05, 0.1) is 39.0 Å². The van der Waals surface area contributed by atoms with Crippen LogP contribution in [0.4, 0.5) is 5.69 Å². The predicted octanol–water partition coefficient (Wildman–Crippen LogP) is 3.10. The molecule has 182 valence electrons. The summed E-state index contributed by atoms with van der Waals surface area (Å²) in [7, 11) is 4.56. The Balaban J connectivity index is 1.49. The molecular weight excluding hydrogens is 440 g/mol. The highest BCUT2D eigenvalue weighted by Crippen LogP contribution is 2.42. The minimum atomic E-state index is -0.474. The predicted molar refractivity (Wildman–Crippen MR) is 125 cm³/mol. The van der Waals surface area contributed by atoms with E-state index in [0.29, 0.717) is 54.1 Å². The summed E-state index contributed by atoms with van der Waals surface area (Å²) in [6.45, 7) is 3.30. The Morgan fingerprint density at radius 3 is 2.35 bits per heavy atom. The van der Waals surface area contributed by atoms with Gasteiger partial charge in [-0.25, -0.2) is 0 Å². The zero-order valence-electron chi connectivity index (χ0n) is 19.9. The van der Waals surface area contributed by atoms with Crippen molar-refractivity contribution >= 4 is 17.5 Å². The first-order chi connectivity index (χ1) is 16.5. The van der Waals surface area contributed by atoms with Gasteiger partial charge in [0.1, 0.15) is 13.2 Å². The van der Waals surface area contributed by atoms with Gasteiger partial charge in [-0.1, -0.05) is 13.0 Å². The molecule has 34 heavy (non-hydrogen) atoms. The van der Waals surface area contributed by atoms with Gasteiger partial charge in [0.2, 0.25) is 17.6 Å². The van der Waals surface area contributed by atoms with Crippen molar-refractivity contribution in [1.29, 1.82) is 0 Å². The second-order valence-electron chi connectivity index (χ2n) is 8.16. The van der Waals surface area contributed by atoms with E-state index >= 15 is 0 Å². The molecule has 1 fully saturated rings. The largest absolute Gasteiger partial charge is 0.493 e. The van der Waals surface area contributed by atoms with E-state index in [0.717, 1.165) is 5.56 Å². The van der Waals surface area contributed by atoms with Gasteiger partial charge in [-0.05, 0) is 24.1 Å². The molecule has 2 aliphatic rings. The third-order valence-corrected chi connectivity index (χ3v) is 6.15. The summed E-state index contributed by atoms with van der Waals surface area (Å²) in [5.41, 5.74) is 1.53. The molecule has 2 aromatic rings. The maximum absolute atomic E-state index is 13.1. The number of carbonyl (C=O) groups is 2. The molecule has 0 bridgehead atoms. The van der Waals surface area contributed by atoms with E-state index in [9.17, 15) is 9.59 Å². The quantitative estimate of drug-likeness (QED) is 0.633. The molecule has 1 saturated heterocycles. The second kappa shape index (κ2) is 10.1. The number of rotatable bonds is 8.